The molecule has 0 aliphatic rings. The number of nitrogens with zero attached hydrogens (tertiary/aromatic N) is 1. The van der Waals surface area contributed by atoms with Crippen LogP contribution in [0.2, 0.25) is 0 Å². The summed E-state index contributed by atoms with van der Waals surface area (Å²) in [4.78, 5) is 0. The zero-order valence-electron chi connectivity index (χ0n) is 3.47. The van der Waals surface area contributed by atoms with Crippen LogP contribution < -0.4 is 0 Å². The van der Waals surface area contributed by atoms with E-state index < -0.39 is 6.10 Å². The normalized spacial score (nSPS) is 10.8. The molecule has 6 heavy (non-hydrogen) atoms. The Morgan fingerprint density at radius 3 is 2.00 bits per heavy atom. The maximum atomic E-state index is 8.00. The molecule has 3 N–H and O–H groups in total. The second-order valence-electron chi connectivity index (χ2n) is 0.805. The molecule has 0 rings (SSSR count). The Labute approximate surface area is 36.1 Å². The van der Waals surface area contributed by atoms with Gasteiger partial charge in [0, 0.05) is 0 Å². The summed E-state index contributed by atoms with van der Waals surface area (Å²) < 4.78 is 0. The summed E-state index contributed by atoms with van der Waals surface area (Å²) in [6.45, 7) is 1.42. The van der Waals surface area contributed by atoms with Crippen LogP contribution in [0.1, 0.15) is 6.92 Å². The molecule has 1 unspecified atom stereocenters. The number of hydrogen-bond donors (Lipinski definition) is 1. The van der Waals surface area contributed by atoms with Gasteiger partial charge in [-0.05, 0) is 6.92 Å². The van der Waals surface area contributed by atoms with Crippen molar-refractivity contribution in [3.8, 4) is 6.07 Å². The molecule has 0 bridgehead atoms. The Bertz CT molecular complexity index is 54.3. The molecule has 3 heteroatoms. The van der Waals surface area contributed by atoms with Crippen LogP contribution in [0.5, 0.6) is 0 Å². The Hall–Kier alpha value is -0.590. The molecule has 36 valence electrons. The first-order chi connectivity index (χ1) is 2.27. The van der Waals surface area contributed by atoms with Gasteiger partial charge in [0.25, 0.3) is 0 Å². The van der Waals surface area contributed by atoms with Crippen LogP contribution in [0.4, 0.5) is 0 Å². The fourth-order valence-corrected chi connectivity index (χ4v) is 0. The maximum Gasteiger partial charge on any atom is 0.137 e. The lowest BCUT2D eigenvalue weighted by atomic mass is 10.5. The van der Waals surface area contributed by atoms with Gasteiger partial charge < -0.3 is 10.6 Å². The molecular weight excluding hydrogens is 82.0 g/mol. The SMILES string of the molecule is CC(O)C#N.O. The highest BCUT2D eigenvalue weighted by molar-refractivity contribution is 4.75. The van der Waals surface area contributed by atoms with Gasteiger partial charge in [-0.25, -0.2) is 0 Å². The van der Waals surface area contributed by atoms with E-state index in [1.165, 1.54) is 6.92 Å². The van der Waals surface area contributed by atoms with Crippen molar-refractivity contribution in [3.63, 3.8) is 0 Å². The zero-order valence-corrected chi connectivity index (χ0v) is 3.47. The summed E-state index contributed by atoms with van der Waals surface area (Å²) in [5.74, 6) is 0. The van der Waals surface area contributed by atoms with Gasteiger partial charge in [0.2, 0.25) is 0 Å². The van der Waals surface area contributed by atoms with E-state index >= 15 is 0 Å². The van der Waals surface area contributed by atoms with Crippen molar-refractivity contribution in [1.82, 2.24) is 0 Å². The van der Waals surface area contributed by atoms with Crippen LogP contribution in [0.15, 0.2) is 0 Å². The Morgan fingerprint density at radius 2 is 2.00 bits per heavy atom. The smallest absolute Gasteiger partial charge is 0.137 e. The highest BCUT2D eigenvalue weighted by atomic mass is 16.3. The fraction of sp³-hybridized carbons (Fsp3) is 0.667. The monoisotopic (exact) mass is 89.0 g/mol. The van der Waals surface area contributed by atoms with Gasteiger partial charge in [-0.2, -0.15) is 5.26 Å². The van der Waals surface area contributed by atoms with E-state index in [9.17, 15) is 0 Å². The Balaban J connectivity index is 0. The lowest BCUT2D eigenvalue weighted by Gasteiger charge is -1.76. The van der Waals surface area contributed by atoms with E-state index in [2.05, 4.69) is 0 Å². The molecule has 0 aromatic heterocycles. The predicted octanol–water partition coefficient (Wildman–Crippen LogP) is -0.934. The molecular formula is C3H7NO2. The van der Waals surface area contributed by atoms with Gasteiger partial charge in [0.05, 0.1) is 6.07 Å². The van der Waals surface area contributed by atoms with Crippen LogP contribution in [0.3, 0.4) is 0 Å². The van der Waals surface area contributed by atoms with Gasteiger partial charge in [0.1, 0.15) is 6.10 Å². The molecule has 0 aromatic rings. The molecule has 0 aromatic carbocycles. The van der Waals surface area contributed by atoms with E-state index in [1.807, 2.05) is 0 Å². The zero-order chi connectivity index (χ0) is 4.28. The summed E-state index contributed by atoms with van der Waals surface area (Å²) in [5.41, 5.74) is 0. The van der Waals surface area contributed by atoms with Crippen molar-refractivity contribution in [2.75, 3.05) is 0 Å². The standard InChI is InChI=1S/C3H5NO.H2O/c1-3(5)2-4;/h3,5H,1H3;1H2. The molecule has 1 atom stereocenters. The minimum absolute atomic E-state index is 0. The first-order valence-electron chi connectivity index (χ1n) is 1.35. The van der Waals surface area contributed by atoms with Gasteiger partial charge in [0.15, 0.2) is 0 Å². The molecule has 0 radical (unpaired) electrons. The Kier molecular flexibility index (Phi) is 6.65. The third-order valence-corrected chi connectivity index (χ3v) is 0.187. The second kappa shape index (κ2) is 4.41. The molecule has 0 heterocycles. The highest BCUT2D eigenvalue weighted by Crippen LogP contribution is 1.66. The molecule has 0 saturated heterocycles. The van der Waals surface area contributed by atoms with E-state index in [0.717, 1.165) is 0 Å². The van der Waals surface area contributed by atoms with Crippen molar-refractivity contribution in [2.45, 2.75) is 13.0 Å². The van der Waals surface area contributed by atoms with E-state index in [-0.39, 0.29) is 5.48 Å². The van der Waals surface area contributed by atoms with Crippen molar-refractivity contribution in [2.24, 2.45) is 0 Å². The summed E-state index contributed by atoms with van der Waals surface area (Å²) in [6.07, 6.45) is -0.810. The van der Waals surface area contributed by atoms with Crippen molar-refractivity contribution < 1.29 is 10.6 Å². The average Bonchev–Trinajstić information content (AvgIpc) is 1.38. The summed E-state index contributed by atoms with van der Waals surface area (Å²) in [7, 11) is 0. The molecule has 0 saturated carbocycles. The molecule has 0 aliphatic heterocycles. The highest BCUT2D eigenvalue weighted by Gasteiger charge is 1.80. The summed E-state index contributed by atoms with van der Waals surface area (Å²) in [5, 5.41) is 15.6. The minimum atomic E-state index is -0.810. The minimum Gasteiger partial charge on any atom is -0.412 e. The lowest BCUT2D eigenvalue weighted by Crippen LogP contribution is -1.90. The van der Waals surface area contributed by atoms with Crippen LogP contribution in [0.25, 0.3) is 0 Å². The number of aliphatic hydroxyl groups excluding tert-OH is 1. The van der Waals surface area contributed by atoms with Crippen LogP contribution in [-0.2, 0) is 0 Å². The van der Waals surface area contributed by atoms with E-state index in [0.29, 0.717) is 0 Å². The molecule has 3 nitrogen and oxygen atoms in total. The summed E-state index contributed by atoms with van der Waals surface area (Å²) in [6, 6.07) is 1.58. The first-order valence-corrected chi connectivity index (χ1v) is 1.35. The van der Waals surface area contributed by atoms with Crippen LogP contribution in [0, 0.1) is 11.3 Å². The topological polar surface area (TPSA) is 75.5 Å². The van der Waals surface area contributed by atoms with Gasteiger partial charge in [-0.1, -0.05) is 0 Å². The van der Waals surface area contributed by atoms with E-state index in [4.69, 9.17) is 10.4 Å². The van der Waals surface area contributed by atoms with Crippen molar-refractivity contribution >= 4 is 0 Å². The van der Waals surface area contributed by atoms with Gasteiger partial charge in [-0.3, -0.25) is 0 Å². The Morgan fingerprint density at radius 1 is 1.83 bits per heavy atom. The van der Waals surface area contributed by atoms with Crippen molar-refractivity contribution in [3.05, 3.63) is 0 Å². The van der Waals surface area contributed by atoms with Crippen LogP contribution in [-0.4, -0.2) is 16.7 Å². The second-order valence-corrected chi connectivity index (χ2v) is 0.805. The maximum absolute atomic E-state index is 8.00. The predicted molar refractivity (Wildman–Crippen MR) is 20.9 cm³/mol. The first kappa shape index (κ1) is 9.05. The molecule has 0 amide bonds. The third-order valence-electron chi connectivity index (χ3n) is 0.187. The number of rotatable bonds is 0. The third kappa shape index (κ3) is 9.96. The van der Waals surface area contributed by atoms with Gasteiger partial charge >= 0.3 is 0 Å². The number of aliphatic hydroxyl groups is 1. The van der Waals surface area contributed by atoms with E-state index in [1.54, 1.807) is 6.07 Å². The van der Waals surface area contributed by atoms with Crippen LogP contribution >= 0.6 is 0 Å². The quantitative estimate of drug-likeness (QED) is 0.389. The number of nitriles is 1. The van der Waals surface area contributed by atoms with Crippen molar-refractivity contribution in [1.29, 1.82) is 5.26 Å². The largest absolute Gasteiger partial charge is 0.412 e. The molecule has 0 fully saturated rings. The molecule has 0 spiro atoms. The average molecular weight is 89.1 g/mol. The fourth-order valence-electron chi connectivity index (χ4n) is 0. The summed E-state index contributed by atoms with van der Waals surface area (Å²) >= 11 is 0. The molecule has 0 aliphatic carbocycles. The van der Waals surface area contributed by atoms with Gasteiger partial charge in [-0.15, -0.1) is 0 Å². The number of hydrogen-bond acceptors (Lipinski definition) is 2. The lowest BCUT2D eigenvalue weighted by molar-refractivity contribution is 0.251.